The average molecular weight is 585 g/mol. The summed E-state index contributed by atoms with van der Waals surface area (Å²) in [5.41, 5.74) is 2.34. The summed E-state index contributed by atoms with van der Waals surface area (Å²) in [5.74, 6) is -0.733. The Bertz CT molecular complexity index is 1170. The first-order valence-corrected chi connectivity index (χ1v) is 14.8. The predicted octanol–water partition coefficient (Wildman–Crippen LogP) is 1.29. The molecule has 4 unspecified atom stereocenters. The molecule has 3 N–H and O–H groups in total. The summed E-state index contributed by atoms with van der Waals surface area (Å²) in [5, 5.41) is 8.50. The summed E-state index contributed by atoms with van der Waals surface area (Å²) in [6.45, 7) is 8.32. The summed E-state index contributed by atoms with van der Waals surface area (Å²) < 4.78 is 16.0. The van der Waals surface area contributed by atoms with Crippen LogP contribution in [-0.4, -0.2) is 98.7 Å². The lowest BCUT2D eigenvalue weighted by atomic mass is 9.93. The fraction of sp³-hybridized carbons (Fsp3) is 0.613. The van der Waals surface area contributed by atoms with Gasteiger partial charge in [0.2, 0.25) is 17.7 Å². The van der Waals surface area contributed by atoms with E-state index >= 15 is 0 Å². The van der Waals surface area contributed by atoms with Gasteiger partial charge in [-0.25, -0.2) is 0 Å². The number of nitrogens with zero attached hydrogens (tertiary/aromatic N) is 1. The topological polar surface area (TPSA) is 139 Å². The van der Waals surface area contributed by atoms with Crippen molar-refractivity contribution in [3.8, 4) is 5.75 Å². The first-order chi connectivity index (χ1) is 20.1. The minimum absolute atomic E-state index is 0.163. The van der Waals surface area contributed by atoms with Crippen LogP contribution in [0, 0.1) is 0 Å². The van der Waals surface area contributed by atoms with Gasteiger partial charge in [0, 0.05) is 19.5 Å². The Morgan fingerprint density at radius 2 is 1.64 bits per heavy atom. The monoisotopic (exact) mass is 584 g/mol. The standard InChI is InChI=1S/C31H44N4O7/c1-20-6-5-7-23(20)17-25(28(37)31(3)19-42-31)33-30(39)26(16-22-8-10-24(40-4)11-9-22)34-29(38)21(2)32-27(36)18-35-12-14-41-15-13-35/h8-11,21,25-26H,5-7,12-19H2,1-4H3,(H,32,36)(H,33,39)(H,34,38). The highest BCUT2D eigenvalue weighted by Crippen LogP contribution is 2.33. The molecular weight excluding hydrogens is 540 g/mol. The molecule has 11 heteroatoms. The Hall–Kier alpha value is -3.28. The summed E-state index contributed by atoms with van der Waals surface area (Å²) in [7, 11) is 1.57. The molecule has 1 aliphatic carbocycles. The molecule has 4 atom stereocenters. The molecule has 4 rings (SSSR count). The van der Waals surface area contributed by atoms with Gasteiger partial charge in [0.05, 0.1) is 39.5 Å². The summed E-state index contributed by atoms with van der Waals surface area (Å²) in [6, 6.07) is 4.61. The van der Waals surface area contributed by atoms with Gasteiger partial charge < -0.3 is 30.2 Å². The number of epoxide rings is 1. The molecule has 0 spiro atoms. The van der Waals surface area contributed by atoms with Crippen molar-refractivity contribution < 1.29 is 33.4 Å². The third-order valence-electron chi connectivity index (χ3n) is 8.29. The van der Waals surface area contributed by atoms with E-state index in [4.69, 9.17) is 14.2 Å². The fourth-order valence-electron chi connectivity index (χ4n) is 5.40. The van der Waals surface area contributed by atoms with E-state index in [1.165, 1.54) is 11.1 Å². The van der Waals surface area contributed by atoms with Crippen LogP contribution < -0.4 is 20.7 Å². The maximum absolute atomic E-state index is 13.8. The van der Waals surface area contributed by atoms with Gasteiger partial charge in [-0.2, -0.15) is 0 Å². The van der Waals surface area contributed by atoms with Gasteiger partial charge in [0.1, 0.15) is 23.4 Å². The second-order valence-electron chi connectivity index (χ2n) is 11.7. The van der Waals surface area contributed by atoms with Crippen LogP contribution in [-0.2, 0) is 35.1 Å². The Kier molecular flexibility index (Phi) is 10.7. The Morgan fingerprint density at radius 1 is 0.976 bits per heavy atom. The highest BCUT2D eigenvalue weighted by molar-refractivity contribution is 5.98. The zero-order valence-corrected chi connectivity index (χ0v) is 25.1. The van der Waals surface area contributed by atoms with E-state index < -0.39 is 35.5 Å². The van der Waals surface area contributed by atoms with Crippen molar-refractivity contribution in [2.75, 3.05) is 46.6 Å². The van der Waals surface area contributed by atoms with Crippen molar-refractivity contribution >= 4 is 23.5 Å². The van der Waals surface area contributed by atoms with Gasteiger partial charge in [0.15, 0.2) is 5.78 Å². The number of hydrogen-bond donors (Lipinski definition) is 3. The molecule has 3 aliphatic rings. The van der Waals surface area contributed by atoms with Gasteiger partial charge in [0.25, 0.3) is 0 Å². The third-order valence-corrected chi connectivity index (χ3v) is 8.29. The van der Waals surface area contributed by atoms with E-state index in [-0.39, 0.29) is 24.7 Å². The molecule has 230 valence electrons. The molecule has 3 amide bonds. The number of benzene rings is 1. The van der Waals surface area contributed by atoms with Crippen LogP contribution in [0.3, 0.4) is 0 Å². The number of carbonyl (C=O) groups is 4. The Labute approximate surface area is 247 Å². The maximum Gasteiger partial charge on any atom is 0.243 e. The van der Waals surface area contributed by atoms with Crippen LogP contribution in [0.5, 0.6) is 5.75 Å². The minimum atomic E-state index is -0.980. The van der Waals surface area contributed by atoms with Gasteiger partial charge in [-0.15, -0.1) is 0 Å². The highest BCUT2D eigenvalue weighted by atomic mass is 16.6. The second kappa shape index (κ2) is 14.3. The quantitative estimate of drug-likeness (QED) is 0.220. The minimum Gasteiger partial charge on any atom is -0.497 e. The first-order valence-electron chi connectivity index (χ1n) is 14.8. The zero-order chi connectivity index (χ0) is 30.3. The van der Waals surface area contributed by atoms with E-state index in [1.807, 2.05) is 17.0 Å². The van der Waals surface area contributed by atoms with Crippen molar-refractivity contribution in [1.29, 1.82) is 0 Å². The van der Waals surface area contributed by atoms with Crippen molar-refractivity contribution in [2.24, 2.45) is 0 Å². The molecule has 0 aromatic heterocycles. The molecule has 11 nitrogen and oxygen atoms in total. The van der Waals surface area contributed by atoms with Crippen LogP contribution in [0.2, 0.25) is 0 Å². The summed E-state index contributed by atoms with van der Waals surface area (Å²) in [4.78, 5) is 55.0. The maximum atomic E-state index is 13.8. The van der Waals surface area contributed by atoms with E-state index in [2.05, 4.69) is 22.9 Å². The summed E-state index contributed by atoms with van der Waals surface area (Å²) >= 11 is 0. The number of hydrogen-bond acceptors (Lipinski definition) is 8. The van der Waals surface area contributed by atoms with Gasteiger partial charge in [-0.1, -0.05) is 23.3 Å². The molecule has 0 bridgehead atoms. The van der Waals surface area contributed by atoms with Crippen LogP contribution in [0.1, 0.15) is 52.0 Å². The molecule has 2 aliphatic heterocycles. The van der Waals surface area contributed by atoms with Crippen molar-refractivity contribution in [3.05, 3.63) is 41.0 Å². The first kappa shape index (κ1) is 31.7. The number of methoxy groups -OCH3 is 1. The SMILES string of the molecule is COc1ccc(CC(NC(=O)C(C)NC(=O)CN2CCOCC2)C(=O)NC(CC2=C(C)CCC2)C(=O)C2(C)CO2)cc1. The Balaban J connectivity index is 1.46. The molecule has 1 aromatic rings. The van der Waals surface area contributed by atoms with Crippen LogP contribution in [0.15, 0.2) is 35.4 Å². The number of nitrogens with one attached hydrogen (secondary N) is 3. The Morgan fingerprint density at radius 3 is 2.24 bits per heavy atom. The number of morpholine rings is 1. The largest absolute Gasteiger partial charge is 0.497 e. The third kappa shape index (κ3) is 8.62. The lowest BCUT2D eigenvalue weighted by Crippen LogP contribution is -2.57. The number of ketones is 1. The molecule has 1 aromatic carbocycles. The lowest BCUT2D eigenvalue weighted by molar-refractivity contribution is -0.134. The van der Waals surface area contributed by atoms with Crippen LogP contribution >= 0.6 is 0 Å². The van der Waals surface area contributed by atoms with E-state index in [0.717, 1.165) is 24.8 Å². The van der Waals surface area contributed by atoms with Crippen LogP contribution in [0.25, 0.3) is 0 Å². The average Bonchev–Trinajstić information content (AvgIpc) is 3.61. The molecule has 0 radical (unpaired) electrons. The van der Waals surface area contributed by atoms with Crippen molar-refractivity contribution in [2.45, 2.75) is 76.6 Å². The molecule has 2 fully saturated rings. The number of carbonyl (C=O) groups excluding carboxylic acids is 4. The van der Waals surface area contributed by atoms with Crippen molar-refractivity contribution in [1.82, 2.24) is 20.9 Å². The number of amides is 3. The highest BCUT2D eigenvalue weighted by Gasteiger charge is 2.50. The van der Waals surface area contributed by atoms with Gasteiger partial charge in [-0.3, -0.25) is 24.1 Å². The number of ether oxygens (including phenoxy) is 3. The summed E-state index contributed by atoms with van der Waals surface area (Å²) in [6.07, 6.45) is 3.54. The number of rotatable bonds is 14. The molecule has 2 saturated heterocycles. The lowest BCUT2D eigenvalue weighted by Gasteiger charge is -2.27. The molecule has 42 heavy (non-hydrogen) atoms. The fourth-order valence-corrected chi connectivity index (χ4v) is 5.40. The van der Waals surface area contributed by atoms with E-state index in [1.54, 1.807) is 33.1 Å². The second-order valence-corrected chi connectivity index (χ2v) is 11.7. The number of allylic oxidation sites excluding steroid dienone is 1. The smallest absolute Gasteiger partial charge is 0.243 e. The normalized spacial score (nSPS) is 22.6. The zero-order valence-electron chi connectivity index (χ0n) is 25.1. The van der Waals surface area contributed by atoms with Crippen LogP contribution in [0.4, 0.5) is 0 Å². The predicted molar refractivity (Wildman–Crippen MR) is 156 cm³/mol. The van der Waals surface area contributed by atoms with Gasteiger partial charge >= 0.3 is 0 Å². The molecule has 0 saturated carbocycles. The van der Waals surface area contributed by atoms with Crippen molar-refractivity contribution in [3.63, 3.8) is 0 Å². The van der Waals surface area contributed by atoms with E-state index in [9.17, 15) is 19.2 Å². The van der Waals surface area contributed by atoms with Gasteiger partial charge in [-0.05, 0) is 64.2 Å². The molecule has 2 heterocycles. The number of Topliss-reactive ketones (excluding diaryl/α,β-unsaturated/α-hetero) is 1. The molecular formula is C31H44N4O7. The van der Waals surface area contributed by atoms with E-state index in [0.29, 0.717) is 45.1 Å².